The second kappa shape index (κ2) is 10.7. The van der Waals surface area contributed by atoms with Crippen LogP contribution in [0.3, 0.4) is 0 Å². The van der Waals surface area contributed by atoms with Gasteiger partial charge in [-0.15, -0.1) is 0 Å². The van der Waals surface area contributed by atoms with Gasteiger partial charge >= 0.3 is 0 Å². The van der Waals surface area contributed by atoms with Gasteiger partial charge in [-0.1, -0.05) is 65.4 Å². The topological polar surface area (TPSA) is 49.7 Å². The van der Waals surface area contributed by atoms with Crippen LogP contribution in [-0.2, 0) is 6.42 Å². The Labute approximate surface area is 193 Å². The molecule has 1 unspecified atom stereocenters. The second-order valence-corrected chi connectivity index (χ2v) is 8.28. The fourth-order valence-electron chi connectivity index (χ4n) is 3.17. The van der Waals surface area contributed by atoms with Gasteiger partial charge in [-0.05, 0) is 72.9 Å². The molecule has 3 rings (SSSR count). The lowest BCUT2D eigenvalue weighted by Gasteiger charge is -2.13. The van der Waals surface area contributed by atoms with Crippen LogP contribution < -0.4 is 4.74 Å². The molecule has 3 aromatic carbocycles. The molecule has 0 fully saturated rings. The molecule has 3 nitrogen and oxygen atoms in total. The molecule has 0 aliphatic carbocycles. The summed E-state index contributed by atoms with van der Waals surface area (Å²) in [5, 5.41) is 18.9. The Morgan fingerprint density at radius 3 is 2.42 bits per heavy atom. The van der Waals surface area contributed by atoms with Crippen LogP contribution >= 0.6 is 23.2 Å². The van der Waals surface area contributed by atoms with E-state index in [2.05, 4.69) is 43.9 Å². The van der Waals surface area contributed by atoms with E-state index in [0.29, 0.717) is 15.8 Å². The molecule has 0 bridgehead atoms. The standard InChI is InChI=1S/C26H24Cl2O3/c1-17-6-7-20(12-18(17)2)13-22(21-4-3-5-23(27)15-21)10-8-19-9-11-25(24(28)14-19)31-16-26(29)30/h3-7,9,11-12,14-15,22,26,29-30H,13,16H2,1-2H3. The summed E-state index contributed by atoms with van der Waals surface area (Å²) in [6.45, 7) is 3.96. The molecule has 160 valence electrons. The fourth-order valence-corrected chi connectivity index (χ4v) is 3.61. The van der Waals surface area contributed by atoms with E-state index in [1.807, 2.05) is 24.3 Å². The first-order chi connectivity index (χ1) is 14.8. The molecule has 1 atom stereocenters. The molecule has 0 amide bonds. The van der Waals surface area contributed by atoms with E-state index in [0.717, 1.165) is 17.5 Å². The molecule has 0 heterocycles. The minimum Gasteiger partial charge on any atom is -0.487 e. The second-order valence-electron chi connectivity index (χ2n) is 7.44. The van der Waals surface area contributed by atoms with Crippen LogP contribution in [0.5, 0.6) is 5.75 Å². The van der Waals surface area contributed by atoms with Gasteiger partial charge in [0.15, 0.2) is 6.29 Å². The van der Waals surface area contributed by atoms with Crippen molar-refractivity contribution in [2.75, 3.05) is 6.61 Å². The van der Waals surface area contributed by atoms with Gasteiger partial charge in [0.2, 0.25) is 0 Å². The van der Waals surface area contributed by atoms with E-state index in [9.17, 15) is 0 Å². The van der Waals surface area contributed by atoms with E-state index in [4.69, 9.17) is 38.2 Å². The SMILES string of the molecule is Cc1ccc(CC(C#Cc2ccc(OCC(O)O)c(Cl)c2)c2cccc(Cl)c2)cc1C. The highest BCUT2D eigenvalue weighted by molar-refractivity contribution is 6.32. The number of hydrogen-bond acceptors (Lipinski definition) is 3. The van der Waals surface area contributed by atoms with Crippen molar-refractivity contribution in [3.8, 4) is 17.6 Å². The molecule has 0 spiro atoms. The number of benzene rings is 3. The summed E-state index contributed by atoms with van der Waals surface area (Å²) < 4.78 is 5.27. The summed E-state index contributed by atoms with van der Waals surface area (Å²) in [7, 11) is 0. The number of halogens is 2. The number of aliphatic hydroxyl groups excluding tert-OH is 1. The lowest BCUT2D eigenvalue weighted by molar-refractivity contribution is -0.0680. The first-order valence-electron chi connectivity index (χ1n) is 9.93. The van der Waals surface area contributed by atoms with Crippen LogP contribution in [0, 0.1) is 25.7 Å². The van der Waals surface area contributed by atoms with Crippen LogP contribution in [0.1, 0.15) is 33.7 Å². The van der Waals surface area contributed by atoms with E-state index < -0.39 is 6.29 Å². The Balaban J connectivity index is 1.88. The summed E-state index contributed by atoms with van der Waals surface area (Å²) in [6.07, 6.45) is -0.794. The zero-order valence-corrected chi connectivity index (χ0v) is 18.9. The lowest BCUT2D eigenvalue weighted by Crippen LogP contribution is -2.16. The lowest BCUT2D eigenvalue weighted by atomic mass is 9.91. The minimum atomic E-state index is -1.56. The molecule has 0 saturated heterocycles. The third-order valence-electron chi connectivity index (χ3n) is 4.97. The van der Waals surface area contributed by atoms with E-state index in [-0.39, 0.29) is 12.5 Å². The third-order valence-corrected chi connectivity index (χ3v) is 5.50. The number of ether oxygens (including phenoxy) is 1. The number of hydrogen-bond donors (Lipinski definition) is 2. The summed E-state index contributed by atoms with van der Waals surface area (Å²) in [4.78, 5) is 0. The molecule has 0 aromatic heterocycles. The van der Waals surface area contributed by atoms with Gasteiger partial charge in [0.05, 0.1) is 5.02 Å². The largest absolute Gasteiger partial charge is 0.487 e. The summed E-state index contributed by atoms with van der Waals surface area (Å²) in [5.74, 6) is 6.92. The van der Waals surface area contributed by atoms with Crippen molar-refractivity contribution in [3.05, 3.63) is 98.5 Å². The Morgan fingerprint density at radius 2 is 1.74 bits per heavy atom. The maximum absolute atomic E-state index is 8.94. The monoisotopic (exact) mass is 454 g/mol. The highest BCUT2D eigenvalue weighted by atomic mass is 35.5. The zero-order valence-electron chi connectivity index (χ0n) is 17.4. The van der Waals surface area contributed by atoms with Crippen LogP contribution in [0.4, 0.5) is 0 Å². The van der Waals surface area contributed by atoms with Crippen LogP contribution in [-0.4, -0.2) is 23.1 Å². The highest BCUT2D eigenvalue weighted by Gasteiger charge is 2.12. The molecular weight excluding hydrogens is 431 g/mol. The average molecular weight is 455 g/mol. The number of aliphatic hydroxyl groups is 2. The van der Waals surface area contributed by atoms with Crippen LogP contribution in [0.15, 0.2) is 60.7 Å². The average Bonchev–Trinajstić information content (AvgIpc) is 2.73. The molecule has 5 heteroatoms. The van der Waals surface area contributed by atoms with Gasteiger partial charge in [0, 0.05) is 16.5 Å². The Bertz CT molecular complexity index is 1110. The molecule has 0 radical (unpaired) electrons. The predicted molar refractivity (Wildman–Crippen MR) is 126 cm³/mol. The smallest absolute Gasteiger partial charge is 0.186 e. The van der Waals surface area contributed by atoms with Crippen molar-refractivity contribution >= 4 is 23.2 Å². The van der Waals surface area contributed by atoms with Gasteiger partial charge in [0.25, 0.3) is 0 Å². The molecular formula is C26H24Cl2O3. The molecule has 0 aliphatic heterocycles. The van der Waals surface area contributed by atoms with Gasteiger partial charge in [-0.3, -0.25) is 0 Å². The quantitative estimate of drug-likeness (QED) is 0.372. The Hall–Kier alpha value is -2.48. The van der Waals surface area contributed by atoms with E-state index in [1.54, 1.807) is 18.2 Å². The van der Waals surface area contributed by atoms with E-state index in [1.165, 1.54) is 16.7 Å². The van der Waals surface area contributed by atoms with Crippen molar-refractivity contribution in [2.45, 2.75) is 32.5 Å². The first-order valence-corrected chi connectivity index (χ1v) is 10.7. The van der Waals surface area contributed by atoms with Crippen molar-refractivity contribution in [1.82, 2.24) is 0 Å². The minimum absolute atomic E-state index is 0.0416. The Kier molecular flexibility index (Phi) is 8.01. The van der Waals surface area contributed by atoms with Crippen molar-refractivity contribution in [1.29, 1.82) is 0 Å². The van der Waals surface area contributed by atoms with E-state index >= 15 is 0 Å². The first kappa shape index (κ1) is 23.2. The van der Waals surface area contributed by atoms with Gasteiger partial charge in [-0.2, -0.15) is 0 Å². The maximum atomic E-state index is 8.94. The normalized spacial score (nSPS) is 11.7. The van der Waals surface area contributed by atoms with Crippen LogP contribution in [0.2, 0.25) is 10.0 Å². The maximum Gasteiger partial charge on any atom is 0.186 e. The molecule has 0 aliphatic rings. The highest BCUT2D eigenvalue weighted by Crippen LogP contribution is 2.27. The molecule has 2 N–H and O–H groups in total. The van der Waals surface area contributed by atoms with Crippen molar-refractivity contribution in [2.24, 2.45) is 0 Å². The molecule has 31 heavy (non-hydrogen) atoms. The zero-order chi connectivity index (χ0) is 22.4. The summed E-state index contributed by atoms with van der Waals surface area (Å²) >= 11 is 12.5. The molecule has 3 aromatic rings. The summed E-state index contributed by atoms with van der Waals surface area (Å²) in [5.41, 5.74) is 5.53. The Morgan fingerprint density at radius 1 is 0.935 bits per heavy atom. The predicted octanol–water partition coefficient (Wildman–Crippen LogP) is 5.68. The number of rotatable bonds is 6. The van der Waals surface area contributed by atoms with Crippen molar-refractivity contribution < 1.29 is 14.9 Å². The van der Waals surface area contributed by atoms with Crippen LogP contribution in [0.25, 0.3) is 0 Å². The van der Waals surface area contributed by atoms with Gasteiger partial charge in [0.1, 0.15) is 12.4 Å². The van der Waals surface area contributed by atoms with Gasteiger partial charge < -0.3 is 14.9 Å². The van der Waals surface area contributed by atoms with Gasteiger partial charge in [-0.25, -0.2) is 0 Å². The molecule has 0 saturated carbocycles. The fraction of sp³-hybridized carbons (Fsp3) is 0.231. The van der Waals surface area contributed by atoms with Crippen molar-refractivity contribution in [3.63, 3.8) is 0 Å². The third kappa shape index (κ3) is 6.75. The number of aryl methyl sites for hydroxylation is 2. The summed E-state index contributed by atoms with van der Waals surface area (Å²) in [6, 6.07) is 19.4.